The fraction of sp³-hybridized carbons (Fsp3) is 0.533. The maximum atomic E-state index is 12.0. The Balaban J connectivity index is 1.86. The van der Waals surface area contributed by atoms with Gasteiger partial charge in [-0.3, -0.25) is 4.79 Å². The lowest BCUT2D eigenvalue weighted by Crippen LogP contribution is -2.41. The molecule has 0 heterocycles. The largest absolute Gasteiger partial charge is 0.399 e. The van der Waals surface area contributed by atoms with E-state index in [0.717, 1.165) is 17.7 Å². The molecule has 2 unspecified atom stereocenters. The Morgan fingerprint density at radius 2 is 1.94 bits per heavy atom. The zero-order chi connectivity index (χ0) is 13.0. The van der Waals surface area contributed by atoms with Gasteiger partial charge in [0.15, 0.2) is 0 Å². The van der Waals surface area contributed by atoms with Crippen molar-refractivity contribution in [2.75, 3.05) is 5.73 Å². The van der Waals surface area contributed by atoms with Gasteiger partial charge < -0.3 is 11.1 Å². The second kappa shape index (κ2) is 5.89. The molecule has 18 heavy (non-hydrogen) atoms. The van der Waals surface area contributed by atoms with Crippen molar-refractivity contribution in [3.63, 3.8) is 0 Å². The van der Waals surface area contributed by atoms with Gasteiger partial charge in [-0.05, 0) is 36.5 Å². The number of anilines is 1. The molecule has 0 aromatic heterocycles. The van der Waals surface area contributed by atoms with E-state index in [1.54, 1.807) is 0 Å². The second-order valence-electron chi connectivity index (χ2n) is 5.35. The Hall–Kier alpha value is -1.51. The predicted octanol–water partition coefficient (Wildman–Crippen LogP) is 2.51. The molecule has 0 spiro atoms. The maximum absolute atomic E-state index is 12.0. The van der Waals surface area contributed by atoms with Crippen molar-refractivity contribution < 1.29 is 4.79 Å². The molecule has 1 aromatic carbocycles. The van der Waals surface area contributed by atoms with Crippen molar-refractivity contribution in [3.8, 4) is 0 Å². The highest BCUT2D eigenvalue weighted by Crippen LogP contribution is 2.23. The average Bonchev–Trinajstić information content (AvgIpc) is 2.35. The minimum absolute atomic E-state index is 0.124. The summed E-state index contributed by atoms with van der Waals surface area (Å²) in [6.45, 7) is 2.23. The van der Waals surface area contributed by atoms with Gasteiger partial charge in [0.05, 0.1) is 6.42 Å². The van der Waals surface area contributed by atoms with Crippen LogP contribution in [0.15, 0.2) is 24.3 Å². The third kappa shape index (κ3) is 3.49. The molecule has 1 aliphatic rings. The SMILES string of the molecule is CC1CCCCC1NC(=O)Cc1ccc(N)cc1. The summed E-state index contributed by atoms with van der Waals surface area (Å²) in [5, 5.41) is 3.16. The summed E-state index contributed by atoms with van der Waals surface area (Å²) in [6.07, 6.45) is 5.33. The number of nitrogens with one attached hydrogen (secondary N) is 1. The third-order valence-corrected chi connectivity index (χ3v) is 3.80. The van der Waals surface area contributed by atoms with E-state index < -0.39 is 0 Å². The van der Waals surface area contributed by atoms with Gasteiger partial charge in [-0.1, -0.05) is 31.9 Å². The van der Waals surface area contributed by atoms with Crippen LogP contribution >= 0.6 is 0 Å². The first-order valence-corrected chi connectivity index (χ1v) is 6.79. The van der Waals surface area contributed by atoms with Gasteiger partial charge in [0.1, 0.15) is 0 Å². The van der Waals surface area contributed by atoms with E-state index in [1.807, 2.05) is 24.3 Å². The van der Waals surface area contributed by atoms with E-state index in [1.165, 1.54) is 19.3 Å². The molecule has 1 aliphatic carbocycles. The van der Waals surface area contributed by atoms with Crippen LogP contribution < -0.4 is 11.1 Å². The van der Waals surface area contributed by atoms with Crippen LogP contribution in [0.2, 0.25) is 0 Å². The van der Waals surface area contributed by atoms with Crippen LogP contribution in [0.25, 0.3) is 0 Å². The molecule has 2 atom stereocenters. The highest BCUT2D eigenvalue weighted by Gasteiger charge is 2.22. The molecule has 3 heteroatoms. The van der Waals surface area contributed by atoms with Crippen molar-refractivity contribution in [3.05, 3.63) is 29.8 Å². The lowest BCUT2D eigenvalue weighted by Gasteiger charge is -2.29. The van der Waals surface area contributed by atoms with Gasteiger partial charge in [-0.25, -0.2) is 0 Å². The topological polar surface area (TPSA) is 55.1 Å². The first-order valence-electron chi connectivity index (χ1n) is 6.79. The minimum atomic E-state index is 0.124. The highest BCUT2D eigenvalue weighted by atomic mass is 16.1. The van der Waals surface area contributed by atoms with Crippen LogP contribution in [-0.2, 0) is 11.2 Å². The molecule has 1 aromatic rings. The monoisotopic (exact) mass is 246 g/mol. The van der Waals surface area contributed by atoms with Crippen LogP contribution in [0.5, 0.6) is 0 Å². The van der Waals surface area contributed by atoms with Gasteiger partial charge in [-0.2, -0.15) is 0 Å². The van der Waals surface area contributed by atoms with E-state index in [2.05, 4.69) is 12.2 Å². The Morgan fingerprint density at radius 1 is 1.28 bits per heavy atom. The summed E-state index contributed by atoms with van der Waals surface area (Å²) in [7, 11) is 0. The summed E-state index contributed by atoms with van der Waals surface area (Å²) in [4.78, 5) is 12.0. The lowest BCUT2D eigenvalue weighted by molar-refractivity contribution is -0.121. The molecular formula is C15H22N2O. The Kier molecular flexibility index (Phi) is 4.24. The van der Waals surface area contributed by atoms with E-state index >= 15 is 0 Å². The first-order chi connectivity index (χ1) is 8.65. The Bertz CT molecular complexity index is 399. The number of rotatable bonds is 3. The summed E-state index contributed by atoms with van der Waals surface area (Å²) in [5.41, 5.74) is 7.38. The summed E-state index contributed by atoms with van der Waals surface area (Å²) < 4.78 is 0. The molecule has 3 N–H and O–H groups in total. The lowest BCUT2D eigenvalue weighted by atomic mass is 9.86. The predicted molar refractivity (Wildman–Crippen MR) is 74.1 cm³/mol. The highest BCUT2D eigenvalue weighted by molar-refractivity contribution is 5.79. The normalized spacial score (nSPS) is 23.6. The number of hydrogen-bond donors (Lipinski definition) is 2. The smallest absolute Gasteiger partial charge is 0.224 e. The van der Waals surface area contributed by atoms with E-state index in [-0.39, 0.29) is 5.91 Å². The number of nitrogen functional groups attached to an aromatic ring is 1. The fourth-order valence-electron chi connectivity index (χ4n) is 2.61. The standard InChI is InChI=1S/C15H22N2O/c1-11-4-2-3-5-14(11)17-15(18)10-12-6-8-13(16)9-7-12/h6-9,11,14H,2-5,10,16H2,1H3,(H,17,18). The number of benzene rings is 1. The molecule has 1 amide bonds. The average molecular weight is 246 g/mol. The minimum Gasteiger partial charge on any atom is -0.399 e. The molecular weight excluding hydrogens is 224 g/mol. The third-order valence-electron chi connectivity index (χ3n) is 3.80. The van der Waals surface area contributed by atoms with Crippen LogP contribution in [-0.4, -0.2) is 11.9 Å². The molecule has 1 fully saturated rings. The van der Waals surface area contributed by atoms with Gasteiger partial charge in [0, 0.05) is 11.7 Å². The zero-order valence-corrected chi connectivity index (χ0v) is 11.0. The number of carbonyl (C=O) groups excluding carboxylic acids is 1. The van der Waals surface area contributed by atoms with Gasteiger partial charge in [0.25, 0.3) is 0 Å². The Labute approximate surface area is 109 Å². The van der Waals surface area contributed by atoms with Crippen LogP contribution in [0.1, 0.15) is 38.2 Å². The van der Waals surface area contributed by atoms with Crippen molar-refractivity contribution in [2.45, 2.75) is 45.1 Å². The van der Waals surface area contributed by atoms with Crippen molar-refractivity contribution in [2.24, 2.45) is 5.92 Å². The number of hydrogen-bond acceptors (Lipinski definition) is 2. The van der Waals surface area contributed by atoms with E-state index in [0.29, 0.717) is 18.4 Å². The first kappa shape index (κ1) is 12.9. The van der Waals surface area contributed by atoms with Crippen molar-refractivity contribution >= 4 is 11.6 Å². The molecule has 0 aliphatic heterocycles. The summed E-state index contributed by atoms with van der Waals surface area (Å²) in [6, 6.07) is 7.87. The van der Waals surface area contributed by atoms with Crippen molar-refractivity contribution in [1.29, 1.82) is 0 Å². The fourth-order valence-corrected chi connectivity index (χ4v) is 2.61. The molecule has 1 saturated carbocycles. The van der Waals surface area contributed by atoms with Crippen molar-refractivity contribution in [1.82, 2.24) is 5.32 Å². The molecule has 0 radical (unpaired) electrons. The van der Waals surface area contributed by atoms with E-state index in [4.69, 9.17) is 5.73 Å². The summed E-state index contributed by atoms with van der Waals surface area (Å²) in [5.74, 6) is 0.729. The van der Waals surface area contributed by atoms with Crippen LogP contribution in [0.4, 0.5) is 5.69 Å². The second-order valence-corrected chi connectivity index (χ2v) is 5.35. The Morgan fingerprint density at radius 3 is 2.61 bits per heavy atom. The number of nitrogens with two attached hydrogens (primary N) is 1. The number of amides is 1. The quantitative estimate of drug-likeness (QED) is 0.805. The van der Waals surface area contributed by atoms with Crippen LogP contribution in [0.3, 0.4) is 0 Å². The van der Waals surface area contributed by atoms with E-state index in [9.17, 15) is 4.79 Å². The number of carbonyl (C=O) groups is 1. The molecule has 0 saturated heterocycles. The molecule has 98 valence electrons. The van der Waals surface area contributed by atoms with Gasteiger partial charge >= 0.3 is 0 Å². The van der Waals surface area contributed by atoms with Gasteiger partial charge in [0.2, 0.25) is 5.91 Å². The molecule has 2 rings (SSSR count). The van der Waals surface area contributed by atoms with Crippen LogP contribution in [0, 0.1) is 5.92 Å². The molecule has 0 bridgehead atoms. The van der Waals surface area contributed by atoms with Gasteiger partial charge in [-0.15, -0.1) is 0 Å². The molecule has 3 nitrogen and oxygen atoms in total. The zero-order valence-electron chi connectivity index (χ0n) is 11.0. The maximum Gasteiger partial charge on any atom is 0.224 e. The summed E-state index contributed by atoms with van der Waals surface area (Å²) >= 11 is 0.